The maximum atomic E-state index is 3.38. The third-order valence-electron chi connectivity index (χ3n) is 8.60. The largest absolute Gasteiger partial charge is 2.00 e. The Hall–Kier alpha value is -3.65. The molecule has 242 valence electrons. The molecule has 48 heavy (non-hydrogen) atoms. The fourth-order valence-corrected chi connectivity index (χ4v) is 6.39. The molecule has 0 aliphatic heterocycles. The third-order valence-corrected chi connectivity index (χ3v) is 8.60. The van der Waals surface area contributed by atoms with E-state index < -0.39 is 0 Å². The first kappa shape index (κ1) is 38.8. The number of fused-ring (bicyclic) bond motifs is 4. The fraction of sp³-hybridized carbons (Fsp3) is 0.111. The summed E-state index contributed by atoms with van der Waals surface area (Å²) in [5, 5.41) is 10.7. The van der Waals surface area contributed by atoms with E-state index in [0.717, 1.165) is 19.3 Å². The van der Waals surface area contributed by atoms with Crippen molar-refractivity contribution in [3.63, 3.8) is 0 Å². The summed E-state index contributed by atoms with van der Waals surface area (Å²) in [6.45, 7) is 11.2. The van der Waals surface area contributed by atoms with Crippen LogP contribution < -0.4 is 24.8 Å². The molecular weight excluding hydrogens is 659 g/mol. The summed E-state index contributed by atoms with van der Waals surface area (Å²) in [4.78, 5) is 0. The molecule has 0 N–H and O–H groups in total. The molecule has 8 aromatic rings. The van der Waals surface area contributed by atoms with Gasteiger partial charge in [-0.3, -0.25) is 0 Å². The van der Waals surface area contributed by atoms with Crippen LogP contribution >= 0.6 is 0 Å². The van der Waals surface area contributed by atoms with Gasteiger partial charge in [0.25, 0.3) is 0 Å². The van der Waals surface area contributed by atoms with E-state index in [-0.39, 0.29) is 46.5 Å². The minimum atomic E-state index is 0. The van der Waals surface area contributed by atoms with Crippen molar-refractivity contribution in [3.05, 3.63) is 171 Å². The Balaban J connectivity index is 0.000000228. The summed E-state index contributed by atoms with van der Waals surface area (Å²) >= 11 is 0. The SMILES string of the molecule is CCc1cc2c(-c3cccc4ccccc34)cccc2[cH-]1.CCc1cc2c(-c3cccc4ccccc34)cccc2[cH-]1.[CH2-]C[CH2-].[Cl-].[Cl-].[Ti+2]. The molecule has 0 fully saturated rings. The Bertz CT molecular complexity index is 2030. The van der Waals surface area contributed by atoms with Gasteiger partial charge in [0, 0.05) is 0 Å². The summed E-state index contributed by atoms with van der Waals surface area (Å²) in [6.07, 6.45) is 2.92. The van der Waals surface area contributed by atoms with E-state index in [1.165, 1.54) is 76.5 Å². The number of aryl methyl sites for hydroxylation is 2. The van der Waals surface area contributed by atoms with Gasteiger partial charge in [-0.1, -0.05) is 122 Å². The third kappa shape index (κ3) is 8.14. The second-order valence-corrected chi connectivity index (χ2v) is 11.5. The van der Waals surface area contributed by atoms with Gasteiger partial charge in [-0.25, -0.2) is 0 Å². The molecule has 0 bridgehead atoms. The zero-order chi connectivity index (χ0) is 31.2. The van der Waals surface area contributed by atoms with Gasteiger partial charge in [0.15, 0.2) is 0 Å². The molecule has 8 rings (SSSR count). The Morgan fingerprint density at radius 3 is 1.12 bits per heavy atom. The molecule has 0 unspecified atom stereocenters. The standard InChI is InChI=1S/2C21H17.C3H6.2ClH.Ti/c2*1-2-15-13-17-9-6-12-20(21(17)14-15)19-11-5-8-16-7-3-4-10-18(16)19;1-3-2;;;/h2*3-14H,2H2,1H3;1-3H2;2*1H;/q2*-1;-2;;;+2/p-2. The molecule has 0 aromatic heterocycles. The van der Waals surface area contributed by atoms with Gasteiger partial charge in [-0.05, 0) is 45.5 Å². The zero-order valence-electron chi connectivity index (χ0n) is 27.6. The first-order chi connectivity index (χ1) is 22.1. The molecule has 3 heteroatoms. The number of rotatable bonds is 4. The topological polar surface area (TPSA) is 0 Å². The summed E-state index contributed by atoms with van der Waals surface area (Å²) in [7, 11) is 0. The van der Waals surface area contributed by atoms with Gasteiger partial charge in [-0.2, -0.15) is 12.1 Å². The second kappa shape index (κ2) is 18.2. The van der Waals surface area contributed by atoms with Crippen LogP contribution in [-0.2, 0) is 34.6 Å². The smallest absolute Gasteiger partial charge is 1.00 e. The average Bonchev–Trinajstić information content (AvgIpc) is 3.73. The van der Waals surface area contributed by atoms with Crippen LogP contribution in [-0.4, -0.2) is 0 Å². The van der Waals surface area contributed by atoms with E-state index in [2.05, 4.69) is 173 Å². The van der Waals surface area contributed by atoms with Crippen molar-refractivity contribution < 1.29 is 46.5 Å². The van der Waals surface area contributed by atoms with E-state index in [1.54, 1.807) is 0 Å². The number of hydrogen-bond acceptors (Lipinski definition) is 0. The first-order valence-electron chi connectivity index (χ1n) is 16.1. The molecule has 0 amide bonds. The predicted octanol–water partition coefficient (Wildman–Crippen LogP) is 6.93. The fourth-order valence-electron chi connectivity index (χ4n) is 6.39. The molecule has 0 radical (unpaired) electrons. The first-order valence-corrected chi connectivity index (χ1v) is 16.1. The van der Waals surface area contributed by atoms with Crippen molar-refractivity contribution >= 4 is 43.1 Å². The Kier molecular flexibility index (Phi) is 14.7. The molecule has 0 spiro atoms. The number of benzene rings is 6. The van der Waals surface area contributed by atoms with E-state index in [0.29, 0.717) is 0 Å². The molecule has 0 heterocycles. The molecule has 0 nitrogen and oxygen atoms in total. The summed E-state index contributed by atoms with van der Waals surface area (Å²) in [6, 6.07) is 52.9. The molecule has 0 saturated carbocycles. The predicted molar refractivity (Wildman–Crippen MR) is 199 cm³/mol. The van der Waals surface area contributed by atoms with Crippen molar-refractivity contribution in [1.29, 1.82) is 0 Å². The van der Waals surface area contributed by atoms with Crippen molar-refractivity contribution in [2.75, 3.05) is 0 Å². The van der Waals surface area contributed by atoms with Crippen LogP contribution in [0.25, 0.3) is 65.3 Å². The Labute approximate surface area is 313 Å². The van der Waals surface area contributed by atoms with Crippen molar-refractivity contribution in [2.24, 2.45) is 0 Å². The molecular formula is C45H40Cl2Ti-4. The second-order valence-electron chi connectivity index (χ2n) is 11.5. The van der Waals surface area contributed by atoms with Crippen LogP contribution in [0.5, 0.6) is 0 Å². The quantitative estimate of drug-likeness (QED) is 0.138. The van der Waals surface area contributed by atoms with Gasteiger partial charge in [0.2, 0.25) is 0 Å². The van der Waals surface area contributed by atoms with Gasteiger partial charge in [0.1, 0.15) is 0 Å². The van der Waals surface area contributed by atoms with E-state index >= 15 is 0 Å². The molecule has 0 aliphatic rings. The van der Waals surface area contributed by atoms with Crippen LogP contribution in [0.15, 0.2) is 146 Å². The average molecular weight is 700 g/mol. The summed E-state index contributed by atoms with van der Waals surface area (Å²) in [5.74, 6) is 0. The van der Waals surface area contributed by atoms with E-state index in [4.69, 9.17) is 0 Å². The van der Waals surface area contributed by atoms with Crippen LogP contribution in [0.3, 0.4) is 0 Å². The minimum Gasteiger partial charge on any atom is -1.00 e. The zero-order valence-corrected chi connectivity index (χ0v) is 30.7. The molecule has 0 aliphatic carbocycles. The van der Waals surface area contributed by atoms with E-state index in [1.807, 2.05) is 0 Å². The summed E-state index contributed by atoms with van der Waals surface area (Å²) < 4.78 is 0. The van der Waals surface area contributed by atoms with Crippen LogP contribution in [0.2, 0.25) is 0 Å². The van der Waals surface area contributed by atoms with Gasteiger partial charge >= 0.3 is 21.7 Å². The van der Waals surface area contributed by atoms with Crippen molar-refractivity contribution in [2.45, 2.75) is 33.1 Å². The maximum Gasteiger partial charge on any atom is 2.00 e. The minimum absolute atomic E-state index is 0. The number of hydrogen-bond donors (Lipinski definition) is 0. The molecule has 0 atom stereocenters. The van der Waals surface area contributed by atoms with Crippen LogP contribution in [0.1, 0.15) is 31.4 Å². The monoisotopic (exact) mass is 698 g/mol. The van der Waals surface area contributed by atoms with Gasteiger partial charge < -0.3 is 45.1 Å². The molecule has 0 saturated heterocycles. The molecule has 8 aromatic carbocycles. The maximum absolute atomic E-state index is 3.38. The Morgan fingerprint density at radius 2 is 0.750 bits per heavy atom. The van der Waals surface area contributed by atoms with Crippen LogP contribution in [0.4, 0.5) is 0 Å². The number of halogens is 2. The van der Waals surface area contributed by atoms with Gasteiger partial charge in [0.05, 0.1) is 0 Å². The summed E-state index contributed by atoms with van der Waals surface area (Å²) in [5.41, 5.74) is 8.15. The van der Waals surface area contributed by atoms with Crippen LogP contribution in [0, 0.1) is 13.8 Å². The van der Waals surface area contributed by atoms with Gasteiger partial charge in [-0.15, -0.1) is 69.1 Å². The van der Waals surface area contributed by atoms with Crippen molar-refractivity contribution in [3.8, 4) is 22.3 Å². The van der Waals surface area contributed by atoms with Crippen molar-refractivity contribution in [1.82, 2.24) is 0 Å². The Morgan fingerprint density at radius 1 is 0.438 bits per heavy atom. The van der Waals surface area contributed by atoms with E-state index in [9.17, 15) is 0 Å². The normalized spacial score (nSPS) is 10.2.